The van der Waals surface area contributed by atoms with Crippen molar-refractivity contribution >= 4 is 40.0 Å². The lowest BCUT2D eigenvalue weighted by atomic mass is 10.0. The minimum Gasteiger partial charge on any atom is -0.489 e. The van der Waals surface area contributed by atoms with Gasteiger partial charge in [0.25, 0.3) is 5.91 Å². The lowest BCUT2D eigenvalue weighted by Crippen LogP contribution is -2.13. The van der Waals surface area contributed by atoms with Crippen molar-refractivity contribution in [2.24, 2.45) is 0 Å². The SMILES string of the molecule is Cc1ccc(COc2ccc3ccccc3c2/C=C(\C#N)C(=O)Nc2ccc(OCc3ccc(Cl)cc3)cc2)cc1. The third-order valence-electron chi connectivity index (χ3n) is 6.53. The van der Waals surface area contributed by atoms with Crippen molar-refractivity contribution in [2.45, 2.75) is 20.1 Å². The molecule has 0 saturated heterocycles. The summed E-state index contributed by atoms with van der Waals surface area (Å²) < 4.78 is 12.0. The number of hydrogen-bond acceptors (Lipinski definition) is 4. The molecule has 0 unspecified atom stereocenters. The minimum absolute atomic E-state index is 0.0374. The summed E-state index contributed by atoms with van der Waals surface area (Å²) in [7, 11) is 0. The average molecular weight is 559 g/mol. The Morgan fingerprint density at radius 2 is 1.49 bits per heavy atom. The highest BCUT2D eigenvalue weighted by Gasteiger charge is 2.14. The van der Waals surface area contributed by atoms with Gasteiger partial charge >= 0.3 is 0 Å². The predicted molar refractivity (Wildman–Crippen MR) is 164 cm³/mol. The zero-order chi connectivity index (χ0) is 28.6. The molecule has 0 heterocycles. The lowest BCUT2D eigenvalue weighted by molar-refractivity contribution is -0.112. The van der Waals surface area contributed by atoms with Crippen LogP contribution in [-0.4, -0.2) is 5.91 Å². The second-order valence-corrected chi connectivity index (χ2v) is 9.97. The molecule has 0 aliphatic heterocycles. The number of carbonyl (C=O) groups is 1. The van der Waals surface area contributed by atoms with Crippen molar-refractivity contribution in [1.29, 1.82) is 5.26 Å². The van der Waals surface area contributed by atoms with Crippen molar-refractivity contribution in [3.05, 3.63) is 142 Å². The molecule has 0 aliphatic carbocycles. The molecule has 1 amide bonds. The smallest absolute Gasteiger partial charge is 0.266 e. The molecular formula is C35H27ClN2O3. The Morgan fingerprint density at radius 3 is 2.20 bits per heavy atom. The van der Waals surface area contributed by atoms with Crippen LogP contribution in [0, 0.1) is 18.3 Å². The number of halogens is 1. The van der Waals surface area contributed by atoms with E-state index < -0.39 is 5.91 Å². The predicted octanol–water partition coefficient (Wildman–Crippen LogP) is 8.51. The van der Waals surface area contributed by atoms with Crippen molar-refractivity contribution in [1.82, 2.24) is 0 Å². The number of nitrogens with zero attached hydrogens (tertiary/aromatic N) is 1. The number of benzene rings is 5. The Labute approximate surface area is 244 Å². The highest BCUT2D eigenvalue weighted by Crippen LogP contribution is 2.31. The van der Waals surface area contributed by atoms with Gasteiger partial charge in [0.15, 0.2) is 0 Å². The van der Waals surface area contributed by atoms with Crippen LogP contribution in [-0.2, 0) is 18.0 Å². The summed E-state index contributed by atoms with van der Waals surface area (Å²) in [6, 6.07) is 36.3. The van der Waals surface area contributed by atoms with E-state index >= 15 is 0 Å². The number of fused-ring (bicyclic) bond motifs is 1. The maximum Gasteiger partial charge on any atom is 0.266 e. The fraction of sp³-hybridized carbons (Fsp3) is 0.0857. The lowest BCUT2D eigenvalue weighted by Gasteiger charge is -2.13. The molecule has 202 valence electrons. The van der Waals surface area contributed by atoms with Crippen LogP contribution in [0.1, 0.15) is 22.3 Å². The number of carbonyl (C=O) groups excluding carboxylic acids is 1. The molecular weight excluding hydrogens is 532 g/mol. The number of ether oxygens (including phenoxy) is 2. The van der Waals surface area contributed by atoms with Crippen LogP contribution in [0.5, 0.6) is 11.5 Å². The molecule has 0 spiro atoms. The summed E-state index contributed by atoms with van der Waals surface area (Å²) in [6.07, 6.45) is 1.59. The molecule has 5 rings (SSSR count). The molecule has 5 aromatic carbocycles. The van der Waals surface area contributed by atoms with Crippen LogP contribution >= 0.6 is 11.6 Å². The van der Waals surface area contributed by atoms with Crippen LogP contribution in [0.3, 0.4) is 0 Å². The van der Waals surface area contributed by atoms with Crippen LogP contribution in [0.4, 0.5) is 5.69 Å². The summed E-state index contributed by atoms with van der Waals surface area (Å²) in [5, 5.41) is 15.3. The largest absolute Gasteiger partial charge is 0.489 e. The van der Waals surface area contributed by atoms with Gasteiger partial charge in [-0.1, -0.05) is 83.9 Å². The van der Waals surface area contributed by atoms with E-state index in [9.17, 15) is 10.1 Å². The summed E-state index contributed by atoms with van der Waals surface area (Å²) >= 11 is 5.93. The number of amides is 1. The van der Waals surface area contributed by atoms with Gasteiger partial charge in [0, 0.05) is 16.3 Å². The molecule has 0 aliphatic rings. The number of aryl methyl sites for hydroxylation is 1. The molecule has 0 bridgehead atoms. The quantitative estimate of drug-likeness (QED) is 0.145. The molecule has 0 fully saturated rings. The first kappa shape index (κ1) is 27.5. The molecule has 1 N–H and O–H groups in total. The van der Waals surface area contributed by atoms with E-state index in [0.29, 0.717) is 41.0 Å². The Kier molecular flexibility index (Phi) is 8.64. The number of nitrogens with one attached hydrogen (secondary N) is 1. The summed E-state index contributed by atoms with van der Waals surface area (Å²) in [5.41, 5.74) is 4.37. The van der Waals surface area contributed by atoms with Gasteiger partial charge < -0.3 is 14.8 Å². The average Bonchev–Trinajstić information content (AvgIpc) is 3.00. The molecule has 5 aromatic rings. The van der Waals surface area contributed by atoms with E-state index in [1.807, 2.05) is 91.9 Å². The first-order valence-electron chi connectivity index (χ1n) is 13.1. The topological polar surface area (TPSA) is 71.3 Å². The van der Waals surface area contributed by atoms with Crippen LogP contribution in [0.2, 0.25) is 5.02 Å². The fourth-order valence-corrected chi connectivity index (χ4v) is 4.39. The second kappa shape index (κ2) is 12.9. The van der Waals surface area contributed by atoms with Crippen molar-refractivity contribution in [2.75, 3.05) is 5.32 Å². The summed E-state index contributed by atoms with van der Waals surface area (Å²) in [6.45, 7) is 2.79. The van der Waals surface area contributed by atoms with Gasteiger partial charge in [-0.15, -0.1) is 0 Å². The number of hydrogen-bond donors (Lipinski definition) is 1. The minimum atomic E-state index is -0.514. The Balaban J connectivity index is 1.33. The Bertz CT molecular complexity index is 1740. The summed E-state index contributed by atoms with van der Waals surface area (Å²) in [5.74, 6) is 0.729. The van der Waals surface area contributed by atoms with Gasteiger partial charge in [-0.3, -0.25) is 4.79 Å². The first-order valence-corrected chi connectivity index (χ1v) is 13.5. The van der Waals surface area contributed by atoms with E-state index in [2.05, 4.69) is 11.4 Å². The molecule has 41 heavy (non-hydrogen) atoms. The second-order valence-electron chi connectivity index (χ2n) is 9.54. The summed E-state index contributed by atoms with van der Waals surface area (Å²) in [4.78, 5) is 13.1. The highest BCUT2D eigenvalue weighted by molar-refractivity contribution is 6.30. The molecule has 0 aromatic heterocycles. The van der Waals surface area contributed by atoms with E-state index in [-0.39, 0.29) is 5.57 Å². The molecule has 0 atom stereocenters. The van der Waals surface area contributed by atoms with Gasteiger partial charge in [-0.25, -0.2) is 0 Å². The van der Waals surface area contributed by atoms with Crippen LogP contribution < -0.4 is 14.8 Å². The Morgan fingerprint density at radius 1 is 0.829 bits per heavy atom. The number of anilines is 1. The molecule has 5 nitrogen and oxygen atoms in total. The van der Waals surface area contributed by atoms with Crippen molar-refractivity contribution < 1.29 is 14.3 Å². The zero-order valence-corrected chi connectivity index (χ0v) is 23.2. The molecule has 0 radical (unpaired) electrons. The maximum atomic E-state index is 13.1. The first-order chi connectivity index (χ1) is 20.0. The fourth-order valence-electron chi connectivity index (χ4n) is 4.27. The van der Waals surface area contributed by atoms with Gasteiger partial charge in [0.1, 0.15) is 36.4 Å². The van der Waals surface area contributed by atoms with E-state index in [4.69, 9.17) is 21.1 Å². The van der Waals surface area contributed by atoms with Crippen LogP contribution in [0.25, 0.3) is 16.8 Å². The standard InChI is InChI=1S/C35H27ClN2O3/c1-24-6-8-25(9-7-24)23-41-34-19-12-27-4-2-3-5-32(27)33(34)20-28(21-37)35(39)38-30-15-17-31(18-16-30)40-22-26-10-13-29(36)14-11-26/h2-20H,22-23H2,1H3,(H,38,39)/b28-20+. The highest BCUT2D eigenvalue weighted by atomic mass is 35.5. The number of rotatable bonds is 9. The van der Waals surface area contributed by atoms with Gasteiger partial charge in [0.05, 0.1) is 0 Å². The maximum absolute atomic E-state index is 13.1. The van der Waals surface area contributed by atoms with Crippen molar-refractivity contribution in [3.63, 3.8) is 0 Å². The molecule has 0 saturated carbocycles. The third-order valence-corrected chi connectivity index (χ3v) is 6.78. The monoisotopic (exact) mass is 558 g/mol. The third kappa shape index (κ3) is 7.13. The number of nitriles is 1. The van der Waals surface area contributed by atoms with Gasteiger partial charge in [-0.05, 0) is 77.4 Å². The van der Waals surface area contributed by atoms with Crippen LogP contribution in [0.15, 0.2) is 115 Å². The Hall–Kier alpha value is -5.05. The van der Waals surface area contributed by atoms with Crippen molar-refractivity contribution in [3.8, 4) is 17.6 Å². The zero-order valence-electron chi connectivity index (χ0n) is 22.4. The van der Waals surface area contributed by atoms with E-state index in [1.165, 1.54) is 5.56 Å². The molecule has 6 heteroatoms. The van der Waals surface area contributed by atoms with Gasteiger partial charge in [0.2, 0.25) is 0 Å². The normalized spacial score (nSPS) is 11.1. The van der Waals surface area contributed by atoms with E-state index in [0.717, 1.165) is 21.9 Å². The van der Waals surface area contributed by atoms with E-state index in [1.54, 1.807) is 30.3 Å². The van der Waals surface area contributed by atoms with Gasteiger partial charge in [-0.2, -0.15) is 5.26 Å².